The predicted octanol–water partition coefficient (Wildman–Crippen LogP) is 4.12. The van der Waals surface area contributed by atoms with Crippen LogP contribution in [0.2, 0.25) is 0 Å². The van der Waals surface area contributed by atoms with Gasteiger partial charge in [-0.1, -0.05) is 39.5 Å². The molecule has 0 aromatic heterocycles. The van der Waals surface area contributed by atoms with E-state index in [0.29, 0.717) is 23.9 Å². The molecule has 0 radical (unpaired) electrons. The van der Waals surface area contributed by atoms with Crippen molar-refractivity contribution in [1.29, 1.82) is 0 Å². The monoisotopic (exact) mass is 236 g/mol. The number of rotatable bonds is 1. The molecule has 0 spiro atoms. The van der Waals surface area contributed by atoms with E-state index in [4.69, 9.17) is 4.74 Å². The molecule has 0 bridgehead atoms. The van der Waals surface area contributed by atoms with E-state index in [1.165, 1.54) is 0 Å². The number of ether oxygens (including phenoxy) is 1. The van der Waals surface area contributed by atoms with E-state index in [2.05, 4.69) is 60.3 Å². The summed E-state index contributed by atoms with van der Waals surface area (Å²) in [6.07, 6.45) is 1.58. The van der Waals surface area contributed by atoms with Crippen LogP contribution in [-0.2, 0) is 4.74 Å². The van der Waals surface area contributed by atoms with Gasteiger partial charge in [0.05, 0.1) is 6.10 Å². The molecule has 1 rings (SSSR count). The van der Waals surface area contributed by atoms with Gasteiger partial charge in [-0.2, -0.15) is 0 Å². The van der Waals surface area contributed by atoms with Crippen LogP contribution < -0.4 is 0 Å². The van der Waals surface area contributed by atoms with Gasteiger partial charge in [0, 0.05) is 5.41 Å². The summed E-state index contributed by atoms with van der Waals surface area (Å²) < 4.78 is 6.15. The zero-order valence-electron chi connectivity index (χ0n) is 12.5. The summed E-state index contributed by atoms with van der Waals surface area (Å²) in [5.41, 5.74) is 0.0666. The molecule has 0 N–H and O–H groups in total. The van der Waals surface area contributed by atoms with Crippen molar-refractivity contribution in [2.75, 3.05) is 0 Å². The van der Waals surface area contributed by atoms with Crippen molar-refractivity contribution in [3.8, 4) is 11.8 Å². The molecule has 1 aliphatic heterocycles. The van der Waals surface area contributed by atoms with Crippen molar-refractivity contribution in [3.05, 3.63) is 0 Å². The fraction of sp³-hybridized carbons (Fsp3) is 0.875. The Bertz CT molecular complexity index is 300. The Morgan fingerprint density at radius 3 is 2.06 bits per heavy atom. The van der Waals surface area contributed by atoms with Crippen molar-refractivity contribution in [2.45, 2.75) is 67.1 Å². The van der Waals surface area contributed by atoms with E-state index in [1.807, 2.05) is 0 Å². The minimum Gasteiger partial charge on any atom is -0.362 e. The normalized spacial score (nSPS) is 38.4. The van der Waals surface area contributed by atoms with E-state index >= 15 is 0 Å². The molecule has 1 unspecified atom stereocenters. The Morgan fingerprint density at radius 2 is 1.59 bits per heavy atom. The van der Waals surface area contributed by atoms with E-state index < -0.39 is 0 Å². The zero-order valence-corrected chi connectivity index (χ0v) is 12.5. The maximum atomic E-state index is 6.15. The third-order valence-electron chi connectivity index (χ3n) is 4.04. The Hall–Kier alpha value is -0.480. The summed E-state index contributed by atoms with van der Waals surface area (Å²) in [6, 6.07) is 0. The first-order chi connectivity index (χ1) is 7.76. The highest BCUT2D eigenvalue weighted by Gasteiger charge is 2.37. The fourth-order valence-corrected chi connectivity index (χ4v) is 2.45. The van der Waals surface area contributed by atoms with E-state index in [9.17, 15) is 0 Å². The van der Waals surface area contributed by atoms with Crippen LogP contribution >= 0.6 is 0 Å². The average molecular weight is 236 g/mol. The third kappa shape index (κ3) is 3.75. The second-order valence-electron chi connectivity index (χ2n) is 6.60. The van der Waals surface area contributed by atoms with E-state index in [-0.39, 0.29) is 11.5 Å². The highest BCUT2D eigenvalue weighted by Crippen LogP contribution is 2.35. The van der Waals surface area contributed by atoms with Crippen molar-refractivity contribution in [1.82, 2.24) is 0 Å². The Labute approximate surface area is 107 Å². The SMILES string of the molecule is CC[C@H]1OC(C#CC(C)(C)C)[C@H](C)[C@@H](C)[C@@H]1C. The smallest absolute Gasteiger partial charge is 0.121 e. The summed E-state index contributed by atoms with van der Waals surface area (Å²) in [6.45, 7) is 15.6. The molecule has 98 valence electrons. The molecule has 17 heavy (non-hydrogen) atoms. The van der Waals surface area contributed by atoms with Crippen LogP contribution in [0, 0.1) is 35.0 Å². The largest absolute Gasteiger partial charge is 0.362 e. The molecule has 1 nitrogen and oxygen atoms in total. The zero-order chi connectivity index (χ0) is 13.2. The minimum atomic E-state index is 0.0666. The Kier molecular flexibility index (Phi) is 4.67. The van der Waals surface area contributed by atoms with Gasteiger partial charge < -0.3 is 4.74 Å². The average Bonchev–Trinajstić information content (AvgIpc) is 2.24. The molecule has 1 fully saturated rings. The van der Waals surface area contributed by atoms with Crippen molar-refractivity contribution in [2.24, 2.45) is 23.2 Å². The standard InChI is InChI=1S/C16H28O/c1-8-14-12(3)11(2)13(4)15(17-14)9-10-16(5,6)7/h11-15H,8H2,1-7H3/t11-,12-,13+,14+,15?/m0/s1. The van der Waals surface area contributed by atoms with Gasteiger partial charge in [0.25, 0.3) is 0 Å². The van der Waals surface area contributed by atoms with Gasteiger partial charge in [0.15, 0.2) is 0 Å². The highest BCUT2D eigenvalue weighted by atomic mass is 16.5. The van der Waals surface area contributed by atoms with Crippen molar-refractivity contribution < 1.29 is 4.74 Å². The van der Waals surface area contributed by atoms with Gasteiger partial charge in [-0.15, -0.1) is 0 Å². The van der Waals surface area contributed by atoms with Gasteiger partial charge in [0.1, 0.15) is 6.10 Å². The lowest BCUT2D eigenvalue weighted by atomic mass is 9.76. The molecule has 0 aromatic rings. The van der Waals surface area contributed by atoms with Crippen LogP contribution in [0.25, 0.3) is 0 Å². The molecular weight excluding hydrogens is 208 g/mol. The molecule has 0 aliphatic carbocycles. The quantitative estimate of drug-likeness (QED) is 0.622. The predicted molar refractivity (Wildman–Crippen MR) is 73.7 cm³/mol. The third-order valence-corrected chi connectivity index (χ3v) is 4.04. The van der Waals surface area contributed by atoms with Gasteiger partial charge >= 0.3 is 0 Å². The fourth-order valence-electron chi connectivity index (χ4n) is 2.45. The van der Waals surface area contributed by atoms with Crippen molar-refractivity contribution >= 4 is 0 Å². The van der Waals surface area contributed by atoms with Gasteiger partial charge in [-0.3, -0.25) is 0 Å². The van der Waals surface area contributed by atoms with E-state index in [0.717, 1.165) is 6.42 Å². The van der Waals surface area contributed by atoms with Crippen LogP contribution in [0.15, 0.2) is 0 Å². The lowest BCUT2D eigenvalue weighted by Crippen LogP contribution is -2.43. The summed E-state index contributed by atoms with van der Waals surface area (Å²) in [5.74, 6) is 8.54. The van der Waals surface area contributed by atoms with Gasteiger partial charge in [0.2, 0.25) is 0 Å². The molecular formula is C16H28O. The van der Waals surface area contributed by atoms with Crippen molar-refractivity contribution in [3.63, 3.8) is 0 Å². The molecule has 0 aromatic carbocycles. The molecule has 1 heterocycles. The molecule has 1 heteroatoms. The first-order valence-electron chi connectivity index (χ1n) is 6.94. The van der Waals surface area contributed by atoms with Crippen LogP contribution in [0.5, 0.6) is 0 Å². The van der Waals surface area contributed by atoms with Crippen LogP contribution in [0.1, 0.15) is 54.9 Å². The Morgan fingerprint density at radius 1 is 1.00 bits per heavy atom. The summed E-state index contributed by atoms with van der Waals surface area (Å²) in [4.78, 5) is 0. The van der Waals surface area contributed by atoms with Gasteiger partial charge in [-0.25, -0.2) is 0 Å². The summed E-state index contributed by atoms with van der Waals surface area (Å²) in [7, 11) is 0. The molecule has 1 aliphatic rings. The topological polar surface area (TPSA) is 9.23 Å². The minimum absolute atomic E-state index is 0.0666. The van der Waals surface area contributed by atoms with Crippen LogP contribution in [0.4, 0.5) is 0 Å². The second kappa shape index (κ2) is 5.44. The van der Waals surface area contributed by atoms with Crippen LogP contribution in [-0.4, -0.2) is 12.2 Å². The summed E-state index contributed by atoms with van der Waals surface area (Å²) >= 11 is 0. The molecule has 5 atom stereocenters. The first kappa shape index (κ1) is 14.6. The van der Waals surface area contributed by atoms with Gasteiger partial charge in [-0.05, 0) is 44.9 Å². The van der Waals surface area contributed by atoms with Crippen LogP contribution in [0.3, 0.4) is 0 Å². The van der Waals surface area contributed by atoms with E-state index in [1.54, 1.807) is 0 Å². The summed E-state index contributed by atoms with van der Waals surface area (Å²) in [5, 5.41) is 0. The lowest BCUT2D eigenvalue weighted by molar-refractivity contribution is -0.109. The molecule has 1 saturated heterocycles. The maximum absolute atomic E-state index is 6.15. The second-order valence-corrected chi connectivity index (χ2v) is 6.60. The maximum Gasteiger partial charge on any atom is 0.121 e. The molecule has 0 amide bonds. The molecule has 0 saturated carbocycles. The lowest BCUT2D eigenvalue weighted by Gasteiger charge is -2.41. The Balaban J connectivity index is 2.82. The number of hydrogen-bond acceptors (Lipinski definition) is 1. The first-order valence-corrected chi connectivity index (χ1v) is 6.94. The number of hydrogen-bond donors (Lipinski definition) is 0. The highest BCUT2D eigenvalue weighted by molar-refractivity contribution is 5.14.